The first kappa shape index (κ1) is 24.6. The Morgan fingerprint density at radius 2 is 1.86 bits per heavy atom. The van der Waals surface area contributed by atoms with Crippen LogP contribution in [0.5, 0.6) is 5.75 Å². The van der Waals surface area contributed by atoms with Crippen molar-refractivity contribution in [1.29, 1.82) is 0 Å². The molecule has 0 spiro atoms. The van der Waals surface area contributed by atoms with Crippen LogP contribution in [0.2, 0.25) is 0 Å². The van der Waals surface area contributed by atoms with Crippen LogP contribution in [0.25, 0.3) is 28.2 Å². The maximum absolute atomic E-state index is 13.3. The van der Waals surface area contributed by atoms with Crippen LogP contribution in [0.4, 0.5) is 0 Å². The molecule has 0 unspecified atom stereocenters. The first-order valence-electron chi connectivity index (χ1n) is 12.7. The molecule has 1 aromatic heterocycles. The first-order chi connectivity index (χ1) is 17.9. The lowest BCUT2D eigenvalue weighted by Crippen LogP contribution is -2.36. The smallest absolute Gasteiger partial charge is 0.335 e. The lowest BCUT2D eigenvalue weighted by molar-refractivity contribution is -0.124. The molecule has 0 bridgehead atoms. The van der Waals surface area contributed by atoms with Crippen molar-refractivity contribution in [2.45, 2.75) is 44.6 Å². The van der Waals surface area contributed by atoms with Crippen molar-refractivity contribution in [1.82, 2.24) is 15.2 Å². The first-order valence-corrected chi connectivity index (χ1v) is 12.7. The third-order valence-corrected chi connectivity index (χ3v) is 7.52. The molecule has 2 aliphatic rings. The molecule has 1 fully saturated rings. The van der Waals surface area contributed by atoms with Gasteiger partial charge in [-0.15, -0.1) is 0 Å². The molecule has 3 aromatic rings. The number of hydrogen-bond acceptors (Lipinski definition) is 4. The molecule has 192 valence electrons. The van der Waals surface area contributed by atoms with E-state index in [2.05, 4.69) is 15.2 Å². The van der Waals surface area contributed by atoms with Crippen LogP contribution in [0.3, 0.4) is 0 Å². The zero-order valence-electron chi connectivity index (χ0n) is 21.1. The highest BCUT2D eigenvalue weighted by Gasteiger charge is 2.30. The van der Waals surface area contributed by atoms with Gasteiger partial charge < -0.3 is 25.0 Å². The molecule has 2 amide bonds. The van der Waals surface area contributed by atoms with Crippen molar-refractivity contribution in [2.24, 2.45) is 0 Å². The summed E-state index contributed by atoms with van der Waals surface area (Å²) in [7, 11) is 3.13. The van der Waals surface area contributed by atoms with Crippen molar-refractivity contribution in [3.05, 3.63) is 58.7 Å². The molecule has 37 heavy (non-hydrogen) atoms. The molecule has 8 heteroatoms. The molecule has 1 aliphatic carbocycles. The van der Waals surface area contributed by atoms with Gasteiger partial charge in [-0.25, -0.2) is 4.79 Å². The van der Waals surface area contributed by atoms with Crippen LogP contribution in [0, 0.1) is 0 Å². The van der Waals surface area contributed by atoms with E-state index in [1.54, 1.807) is 19.2 Å². The number of carboxylic acid groups (broad SMARTS) is 1. The van der Waals surface area contributed by atoms with Gasteiger partial charge in [-0.1, -0.05) is 25.3 Å². The van der Waals surface area contributed by atoms with Crippen molar-refractivity contribution in [2.75, 3.05) is 20.7 Å². The van der Waals surface area contributed by atoms with Crippen molar-refractivity contribution in [3.63, 3.8) is 0 Å². The Morgan fingerprint density at radius 3 is 2.57 bits per heavy atom. The average Bonchev–Trinajstić information content (AvgIpc) is 3.13. The van der Waals surface area contributed by atoms with Crippen molar-refractivity contribution >= 4 is 34.8 Å². The fraction of sp³-hybridized carbons (Fsp3) is 0.345. The minimum absolute atomic E-state index is 0.132. The summed E-state index contributed by atoms with van der Waals surface area (Å²) in [6.45, 7) is 0.117. The second kappa shape index (κ2) is 10.1. The number of aromatic nitrogens is 1. The van der Waals surface area contributed by atoms with Gasteiger partial charge in [0.25, 0.3) is 0 Å². The van der Waals surface area contributed by atoms with Crippen LogP contribution < -0.4 is 15.4 Å². The normalized spacial score (nSPS) is 15.2. The van der Waals surface area contributed by atoms with Gasteiger partial charge in [0.2, 0.25) is 11.8 Å². The maximum atomic E-state index is 13.3. The summed E-state index contributed by atoms with van der Waals surface area (Å²) in [4.78, 5) is 36.9. The van der Waals surface area contributed by atoms with E-state index in [1.165, 1.54) is 19.0 Å². The number of carbonyl (C=O) groups is 3. The SMILES string of the molecule is CNC(=O)CNC(=O)C1=Cc2cc(OC)ccc2-c2c(C3CCCCC3)c3ccc(C(=O)O)cc3n2C1. The lowest BCUT2D eigenvalue weighted by atomic mass is 9.81. The molecule has 0 atom stereocenters. The maximum Gasteiger partial charge on any atom is 0.335 e. The molecule has 5 rings (SSSR count). The second-order valence-electron chi connectivity index (χ2n) is 9.70. The molecule has 1 aliphatic heterocycles. The van der Waals surface area contributed by atoms with E-state index >= 15 is 0 Å². The average molecular weight is 502 g/mol. The molecule has 8 nitrogen and oxygen atoms in total. The molecule has 2 heterocycles. The third-order valence-electron chi connectivity index (χ3n) is 7.52. The van der Waals surface area contributed by atoms with E-state index in [1.807, 2.05) is 30.3 Å². The topological polar surface area (TPSA) is 110 Å². The monoisotopic (exact) mass is 501 g/mol. The number of carboxylic acids is 1. The van der Waals surface area contributed by atoms with Gasteiger partial charge in [0.05, 0.1) is 31.5 Å². The van der Waals surface area contributed by atoms with Crippen LogP contribution >= 0.6 is 0 Å². The van der Waals surface area contributed by atoms with E-state index in [4.69, 9.17) is 4.74 Å². The number of aromatic carboxylic acids is 1. The Bertz CT molecular complexity index is 1430. The fourth-order valence-corrected chi connectivity index (χ4v) is 5.67. The summed E-state index contributed by atoms with van der Waals surface area (Å²) >= 11 is 0. The van der Waals surface area contributed by atoms with Gasteiger partial charge >= 0.3 is 5.97 Å². The number of hydrogen-bond donors (Lipinski definition) is 3. The number of carbonyl (C=O) groups excluding carboxylic acids is 2. The quantitative estimate of drug-likeness (QED) is 0.466. The third kappa shape index (κ3) is 4.59. The predicted molar refractivity (Wildman–Crippen MR) is 142 cm³/mol. The Kier molecular flexibility index (Phi) is 6.74. The largest absolute Gasteiger partial charge is 0.497 e. The summed E-state index contributed by atoms with van der Waals surface area (Å²) in [6.07, 6.45) is 7.53. The summed E-state index contributed by atoms with van der Waals surface area (Å²) in [5.41, 5.74) is 5.54. The van der Waals surface area contributed by atoms with Crippen LogP contribution in [-0.2, 0) is 16.1 Å². The zero-order valence-corrected chi connectivity index (χ0v) is 21.1. The molecular formula is C29H31N3O5. The Hall–Kier alpha value is -4.07. The van der Waals surface area contributed by atoms with Gasteiger partial charge in [-0.3, -0.25) is 9.59 Å². The van der Waals surface area contributed by atoms with Crippen molar-refractivity contribution < 1.29 is 24.2 Å². The van der Waals surface area contributed by atoms with Crippen LogP contribution in [-0.4, -0.2) is 48.2 Å². The number of ether oxygens (including phenoxy) is 1. The van der Waals surface area contributed by atoms with Gasteiger partial charge in [0.15, 0.2) is 0 Å². The number of nitrogens with one attached hydrogen (secondary N) is 2. The summed E-state index contributed by atoms with van der Waals surface area (Å²) in [5.74, 6) is -0.601. The zero-order chi connectivity index (χ0) is 26.1. The number of fused-ring (bicyclic) bond motifs is 5. The minimum Gasteiger partial charge on any atom is -0.497 e. The standard InChI is InChI=1S/C29H31N3O5/c1-30-25(33)15-31-28(34)20-12-19-13-21(37-2)9-11-22(19)27-26(17-6-4-3-5-7-17)23-10-8-18(29(35)36)14-24(23)32(27)16-20/h8-14,17H,3-7,15-16H2,1-2H3,(H,30,33)(H,31,34)(H,35,36). The van der Waals surface area contributed by atoms with Crippen molar-refractivity contribution in [3.8, 4) is 17.0 Å². The highest BCUT2D eigenvalue weighted by molar-refractivity contribution is 6.04. The number of nitrogens with zero attached hydrogens (tertiary/aromatic N) is 1. The molecule has 2 aromatic carbocycles. The summed E-state index contributed by atoms with van der Waals surface area (Å²) in [6, 6.07) is 11.1. The van der Waals surface area contributed by atoms with Gasteiger partial charge in [0.1, 0.15) is 5.75 Å². The number of likely N-dealkylation sites (N-methyl/N-ethyl adjacent to an activating group) is 1. The lowest BCUT2D eigenvalue weighted by Gasteiger charge is -2.24. The molecule has 0 radical (unpaired) electrons. The Balaban J connectivity index is 1.75. The van der Waals surface area contributed by atoms with E-state index in [0.717, 1.165) is 53.4 Å². The number of amides is 2. The highest BCUT2D eigenvalue weighted by Crippen LogP contribution is 2.47. The molecule has 1 saturated carbocycles. The number of methoxy groups -OCH3 is 1. The summed E-state index contributed by atoms with van der Waals surface area (Å²) in [5, 5.41) is 16.0. The molecule has 3 N–H and O–H groups in total. The minimum atomic E-state index is -0.991. The van der Waals surface area contributed by atoms with Crippen LogP contribution in [0.1, 0.15) is 59.5 Å². The second-order valence-corrected chi connectivity index (χ2v) is 9.70. The van der Waals surface area contributed by atoms with E-state index in [-0.39, 0.29) is 30.5 Å². The Morgan fingerprint density at radius 1 is 1.08 bits per heavy atom. The van der Waals surface area contributed by atoms with Gasteiger partial charge in [0, 0.05) is 29.1 Å². The van der Waals surface area contributed by atoms with Crippen LogP contribution in [0.15, 0.2) is 42.0 Å². The highest BCUT2D eigenvalue weighted by atomic mass is 16.5. The predicted octanol–water partition coefficient (Wildman–Crippen LogP) is 4.32. The number of benzene rings is 2. The van der Waals surface area contributed by atoms with E-state index in [9.17, 15) is 19.5 Å². The summed E-state index contributed by atoms with van der Waals surface area (Å²) < 4.78 is 7.57. The van der Waals surface area contributed by atoms with Gasteiger partial charge in [-0.2, -0.15) is 0 Å². The molecule has 0 saturated heterocycles. The van der Waals surface area contributed by atoms with E-state index in [0.29, 0.717) is 17.2 Å². The fourth-order valence-electron chi connectivity index (χ4n) is 5.67. The Labute approximate surface area is 215 Å². The molecular weight excluding hydrogens is 470 g/mol. The number of rotatable bonds is 6. The van der Waals surface area contributed by atoms with Gasteiger partial charge in [-0.05, 0) is 66.3 Å². The van der Waals surface area contributed by atoms with E-state index < -0.39 is 5.97 Å².